The molecule has 146 valence electrons. The number of rotatable bonds is 8. The fourth-order valence-electron chi connectivity index (χ4n) is 3.19. The lowest BCUT2D eigenvalue weighted by Crippen LogP contribution is -2.16. The molecule has 5 heteroatoms. The van der Waals surface area contributed by atoms with Gasteiger partial charge >= 0.3 is 0 Å². The van der Waals surface area contributed by atoms with E-state index >= 15 is 0 Å². The van der Waals surface area contributed by atoms with Crippen molar-refractivity contribution in [3.05, 3.63) is 75.3 Å². The molecule has 27 heavy (non-hydrogen) atoms. The van der Waals surface area contributed by atoms with Crippen molar-refractivity contribution in [1.29, 1.82) is 0 Å². The van der Waals surface area contributed by atoms with Gasteiger partial charge in [-0.3, -0.25) is 0 Å². The summed E-state index contributed by atoms with van der Waals surface area (Å²) >= 11 is 12.2. The van der Waals surface area contributed by atoms with Crippen LogP contribution >= 0.6 is 35.6 Å². The average molecular weight is 427 g/mol. The van der Waals surface area contributed by atoms with Crippen LogP contribution < -0.4 is 10.1 Å². The van der Waals surface area contributed by atoms with Crippen molar-refractivity contribution < 1.29 is 4.74 Å². The topological polar surface area (TPSA) is 21.3 Å². The second kappa shape index (κ2) is 11.6. The summed E-state index contributed by atoms with van der Waals surface area (Å²) in [6, 6.07) is 13.6. The van der Waals surface area contributed by atoms with Gasteiger partial charge in [-0.05, 0) is 56.8 Å². The highest BCUT2D eigenvalue weighted by Crippen LogP contribution is 2.24. The van der Waals surface area contributed by atoms with Crippen LogP contribution in [-0.2, 0) is 13.2 Å². The van der Waals surface area contributed by atoms with Crippen molar-refractivity contribution in [1.82, 2.24) is 5.32 Å². The third-order valence-corrected chi connectivity index (χ3v) is 5.28. The highest BCUT2D eigenvalue weighted by molar-refractivity contribution is 6.35. The summed E-state index contributed by atoms with van der Waals surface area (Å²) in [5, 5.41) is 4.81. The first-order valence-electron chi connectivity index (χ1n) is 9.25. The Labute approximate surface area is 178 Å². The zero-order chi connectivity index (χ0) is 18.2. The third kappa shape index (κ3) is 7.04. The van der Waals surface area contributed by atoms with E-state index in [0.29, 0.717) is 16.7 Å². The van der Waals surface area contributed by atoms with Crippen LogP contribution in [0.15, 0.2) is 54.1 Å². The highest BCUT2D eigenvalue weighted by atomic mass is 35.5. The monoisotopic (exact) mass is 425 g/mol. The maximum atomic E-state index is 6.23. The molecule has 1 N–H and O–H groups in total. The van der Waals surface area contributed by atoms with Crippen molar-refractivity contribution in [3.8, 4) is 5.75 Å². The summed E-state index contributed by atoms with van der Waals surface area (Å²) in [5.41, 5.74) is 3.70. The lowest BCUT2D eigenvalue weighted by Gasteiger charge is -2.15. The summed E-state index contributed by atoms with van der Waals surface area (Å²) in [6.07, 6.45) is 8.76. The molecule has 2 nitrogen and oxygen atoms in total. The molecular formula is C22H26Cl3NO. The molecule has 0 unspecified atom stereocenters. The summed E-state index contributed by atoms with van der Waals surface area (Å²) in [7, 11) is 0. The summed E-state index contributed by atoms with van der Waals surface area (Å²) in [4.78, 5) is 0. The van der Waals surface area contributed by atoms with Crippen LogP contribution in [0.1, 0.15) is 43.2 Å². The van der Waals surface area contributed by atoms with E-state index in [1.165, 1.54) is 25.7 Å². The van der Waals surface area contributed by atoms with E-state index in [2.05, 4.69) is 17.5 Å². The minimum atomic E-state index is 0. The smallest absolute Gasteiger partial charge is 0.124 e. The molecule has 0 amide bonds. The molecule has 0 saturated heterocycles. The van der Waals surface area contributed by atoms with Gasteiger partial charge in [0.15, 0.2) is 0 Å². The van der Waals surface area contributed by atoms with E-state index in [4.69, 9.17) is 27.9 Å². The van der Waals surface area contributed by atoms with E-state index in [1.54, 1.807) is 11.6 Å². The molecule has 0 fully saturated rings. The van der Waals surface area contributed by atoms with E-state index in [9.17, 15) is 0 Å². The molecule has 0 saturated carbocycles. The Hall–Kier alpha value is -1.19. The van der Waals surface area contributed by atoms with Gasteiger partial charge in [-0.1, -0.05) is 59.1 Å². The molecule has 2 aromatic carbocycles. The van der Waals surface area contributed by atoms with Crippen molar-refractivity contribution >= 4 is 35.6 Å². The number of allylic oxidation sites excluding steroid dienone is 1. The SMILES string of the molecule is Cl.Clc1ccc(COc2ccccc2CNCCC2=CCCCC2)c(Cl)c1. The van der Waals surface area contributed by atoms with Gasteiger partial charge in [-0.15, -0.1) is 12.4 Å². The van der Waals surface area contributed by atoms with Crippen LogP contribution in [0.4, 0.5) is 0 Å². The number of ether oxygens (including phenoxy) is 1. The lowest BCUT2D eigenvalue weighted by molar-refractivity contribution is 0.302. The van der Waals surface area contributed by atoms with Gasteiger partial charge in [0.2, 0.25) is 0 Å². The standard InChI is InChI=1S/C22H25Cl2NO.ClH/c23-20-11-10-19(21(24)14-20)16-26-22-9-5-4-8-18(22)15-25-13-12-17-6-2-1-3-7-17;/h4-6,8-11,14,25H,1-3,7,12-13,15-16H2;1H. The van der Waals surface area contributed by atoms with Crippen LogP contribution in [0.2, 0.25) is 10.0 Å². The first-order chi connectivity index (χ1) is 12.7. The van der Waals surface area contributed by atoms with Crippen LogP contribution in [0.25, 0.3) is 0 Å². The predicted octanol–water partition coefficient (Wildman–Crippen LogP) is 6.97. The Bertz CT molecular complexity index is 761. The maximum absolute atomic E-state index is 6.23. The Balaban J connectivity index is 0.00000261. The molecule has 0 atom stereocenters. The van der Waals surface area contributed by atoms with Crippen molar-refractivity contribution in [3.63, 3.8) is 0 Å². The lowest BCUT2D eigenvalue weighted by atomic mass is 9.97. The summed E-state index contributed by atoms with van der Waals surface area (Å²) in [5.74, 6) is 0.892. The molecule has 0 radical (unpaired) electrons. The number of para-hydroxylation sites is 1. The number of halogens is 3. The van der Waals surface area contributed by atoms with Crippen LogP contribution in [0, 0.1) is 0 Å². The average Bonchev–Trinajstić information content (AvgIpc) is 2.66. The van der Waals surface area contributed by atoms with Gasteiger partial charge in [0, 0.05) is 27.7 Å². The van der Waals surface area contributed by atoms with E-state index in [-0.39, 0.29) is 12.4 Å². The minimum Gasteiger partial charge on any atom is -0.489 e. The van der Waals surface area contributed by atoms with Gasteiger partial charge in [0.05, 0.1) is 0 Å². The molecule has 0 aliphatic heterocycles. The van der Waals surface area contributed by atoms with Gasteiger partial charge in [0.25, 0.3) is 0 Å². The normalized spacial score (nSPS) is 13.6. The van der Waals surface area contributed by atoms with Crippen LogP contribution in [0.5, 0.6) is 5.75 Å². The fourth-order valence-corrected chi connectivity index (χ4v) is 3.65. The third-order valence-electron chi connectivity index (χ3n) is 4.69. The summed E-state index contributed by atoms with van der Waals surface area (Å²) < 4.78 is 6.01. The first kappa shape index (κ1) is 22.1. The Morgan fingerprint density at radius 1 is 1.00 bits per heavy atom. The van der Waals surface area contributed by atoms with Gasteiger partial charge in [-0.2, -0.15) is 0 Å². The Kier molecular flexibility index (Phi) is 9.50. The molecule has 1 aliphatic rings. The zero-order valence-corrected chi connectivity index (χ0v) is 17.7. The molecule has 1 aliphatic carbocycles. The van der Waals surface area contributed by atoms with Gasteiger partial charge in [0.1, 0.15) is 12.4 Å². The molecule has 3 rings (SSSR count). The van der Waals surface area contributed by atoms with Gasteiger partial charge < -0.3 is 10.1 Å². The van der Waals surface area contributed by atoms with E-state index in [0.717, 1.165) is 36.4 Å². The molecule has 0 spiro atoms. The number of benzene rings is 2. The number of hydrogen-bond acceptors (Lipinski definition) is 2. The second-order valence-corrected chi connectivity index (χ2v) is 7.51. The number of nitrogens with one attached hydrogen (secondary N) is 1. The highest BCUT2D eigenvalue weighted by Gasteiger charge is 2.07. The quantitative estimate of drug-likeness (QED) is 0.363. The first-order valence-corrected chi connectivity index (χ1v) is 10.0. The summed E-state index contributed by atoms with van der Waals surface area (Å²) in [6.45, 7) is 2.24. The minimum absolute atomic E-state index is 0. The molecular weight excluding hydrogens is 401 g/mol. The van der Waals surface area contributed by atoms with Gasteiger partial charge in [-0.25, -0.2) is 0 Å². The van der Waals surface area contributed by atoms with Crippen molar-refractivity contribution in [2.45, 2.75) is 45.3 Å². The number of hydrogen-bond donors (Lipinski definition) is 1. The molecule has 0 heterocycles. The van der Waals surface area contributed by atoms with Crippen LogP contribution in [0.3, 0.4) is 0 Å². The van der Waals surface area contributed by atoms with E-state index < -0.39 is 0 Å². The zero-order valence-electron chi connectivity index (χ0n) is 15.3. The fraction of sp³-hybridized carbons (Fsp3) is 0.364. The van der Waals surface area contributed by atoms with Crippen molar-refractivity contribution in [2.24, 2.45) is 0 Å². The second-order valence-electron chi connectivity index (χ2n) is 6.67. The largest absolute Gasteiger partial charge is 0.489 e. The molecule has 0 aromatic heterocycles. The molecule has 0 bridgehead atoms. The Morgan fingerprint density at radius 2 is 1.85 bits per heavy atom. The van der Waals surface area contributed by atoms with E-state index in [1.807, 2.05) is 30.3 Å². The molecule has 2 aromatic rings. The predicted molar refractivity (Wildman–Crippen MR) is 117 cm³/mol. The van der Waals surface area contributed by atoms with Crippen molar-refractivity contribution in [2.75, 3.05) is 6.54 Å². The Morgan fingerprint density at radius 3 is 2.63 bits per heavy atom. The van der Waals surface area contributed by atoms with Crippen LogP contribution in [-0.4, -0.2) is 6.54 Å². The maximum Gasteiger partial charge on any atom is 0.124 e.